The van der Waals surface area contributed by atoms with Crippen LogP contribution in [0.15, 0.2) is 194 Å². The average molecular weight is 713 g/mol. The summed E-state index contributed by atoms with van der Waals surface area (Å²) in [4.78, 5) is 7.46. The van der Waals surface area contributed by atoms with E-state index in [2.05, 4.69) is 199 Å². The summed E-state index contributed by atoms with van der Waals surface area (Å²) < 4.78 is 3.79. The van der Waals surface area contributed by atoms with Crippen molar-refractivity contribution in [3.8, 4) is 44.0 Å². The number of rotatable bonds is 7. The molecule has 2 aromatic heterocycles. The molecule has 10 rings (SSSR count). The smallest absolute Gasteiger partial charge is 0.124 e. The summed E-state index contributed by atoms with van der Waals surface area (Å²) in [5, 5.41) is 3.63. The summed E-state index contributed by atoms with van der Waals surface area (Å²) in [6, 6.07) is 69.7. The molecular weight excluding hydrogens is 681 g/mol. The number of hydrogen-bond donors (Lipinski definition) is 0. The molecule has 2 heterocycles. The van der Waals surface area contributed by atoms with Gasteiger partial charge in [0, 0.05) is 42.7 Å². The highest BCUT2D eigenvalue weighted by molar-refractivity contribution is 7.28. The normalized spacial score (nSPS) is 11.4. The van der Waals surface area contributed by atoms with Crippen LogP contribution >= 0.6 is 22.7 Å². The Bertz CT molecular complexity index is 2860. The van der Waals surface area contributed by atoms with E-state index in [0.29, 0.717) is 0 Å². The second kappa shape index (κ2) is 13.3. The molecule has 0 aliphatic heterocycles. The molecule has 53 heavy (non-hydrogen) atoms. The molecular formula is C49H32N2S2. The van der Waals surface area contributed by atoms with Gasteiger partial charge in [0.1, 0.15) is 5.01 Å². The van der Waals surface area contributed by atoms with Gasteiger partial charge in [-0.15, -0.1) is 22.7 Å². The number of thiazole rings is 1. The molecule has 0 saturated carbocycles. The molecule has 0 atom stereocenters. The van der Waals surface area contributed by atoms with Crippen LogP contribution in [0.4, 0.5) is 17.1 Å². The predicted molar refractivity (Wildman–Crippen MR) is 229 cm³/mol. The molecule has 0 amide bonds. The molecule has 0 aliphatic rings. The van der Waals surface area contributed by atoms with Gasteiger partial charge < -0.3 is 4.90 Å². The van der Waals surface area contributed by atoms with E-state index < -0.39 is 0 Å². The van der Waals surface area contributed by atoms with Crippen LogP contribution in [0.2, 0.25) is 0 Å². The highest BCUT2D eigenvalue weighted by Gasteiger charge is 2.20. The summed E-state index contributed by atoms with van der Waals surface area (Å²) >= 11 is 3.64. The number of fused-ring (bicyclic) bond motifs is 5. The van der Waals surface area contributed by atoms with Gasteiger partial charge in [0.05, 0.1) is 15.9 Å². The lowest BCUT2D eigenvalue weighted by atomic mass is 9.98. The maximum atomic E-state index is 5.05. The third-order valence-electron chi connectivity index (χ3n) is 9.93. The van der Waals surface area contributed by atoms with E-state index in [0.717, 1.165) is 33.1 Å². The molecule has 8 aromatic carbocycles. The standard InChI is InChI=1S/C49H32N2S2/c1-4-12-33(13-5-1)35-20-22-37(23-21-35)41-18-10-11-19-44(41)51(39-26-24-36(25-27-39)34-14-6-2-7-15-34)40-28-29-42-46(32-40)52-45-31-30-43-48(47(42)45)53-49(50-43)38-16-8-3-9-17-38/h1-32H. The molecule has 0 aliphatic carbocycles. The van der Waals surface area contributed by atoms with E-state index in [4.69, 9.17) is 4.98 Å². The fraction of sp³-hybridized carbons (Fsp3) is 0. The van der Waals surface area contributed by atoms with Crippen LogP contribution in [0.25, 0.3) is 74.3 Å². The topological polar surface area (TPSA) is 16.1 Å². The van der Waals surface area contributed by atoms with Gasteiger partial charge in [-0.25, -0.2) is 4.98 Å². The van der Waals surface area contributed by atoms with Crippen molar-refractivity contribution in [1.29, 1.82) is 0 Å². The number of benzene rings is 8. The first-order valence-electron chi connectivity index (χ1n) is 17.8. The van der Waals surface area contributed by atoms with E-state index in [9.17, 15) is 0 Å². The van der Waals surface area contributed by atoms with Crippen molar-refractivity contribution in [2.45, 2.75) is 0 Å². The fourth-order valence-electron chi connectivity index (χ4n) is 7.32. The number of hydrogen-bond acceptors (Lipinski definition) is 4. The van der Waals surface area contributed by atoms with Crippen molar-refractivity contribution >= 4 is 70.1 Å². The van der Waals surface area contributed by atoms with E-state index in [1.165, 1.54) is 58.3 Å². The van der Waals surface area contributed by atoms with Crippen molar-refractivity contribution < 1.29 is 0 Å². The number of nitrogens with zero attached hydrogens (tertiary/aromatic N) is 2. The zero-order valence-corrected chi connectivity index (χ0v) is 30.3. The first-order valence-corrected chi connectivity index (χ1v) is 19.4. The fourth-order valence-corrected chi connectivity index (χ4v) is 9.67. The van der Waals surface area contributed by atoms with Crippen LogP contribution in [0.3, 0.4) is 0 Å². The zero-order valence-electron chi connectivity index (χ0n) is 28.7. The molecule has 0 bridgehead atoms. The van der Waals surface area contributed by atoms with Gasteiger partial charge >= 0.3 is 0 Å². The van der Waals surface area contributed by atoms with E-state index in [-0.39, 0.29) is 0 Å². The van der Waals surface area contributed by atoms with Crippen molar-refractivity contribution in [2.24, 2.45) is 0 Å². The Morgan fingerprint density at radius 2 is 0.943 bits per heavy atom. The van der Waals surface area contributed by atoms with Gasteiger partial charge in [0.15, 0.2) is 0 Å². The molecule has 2 nitrogen and oxygen atoms in total. The first-order chi connectivity index (χ1) is 26.3. The largest absolute Gasteiger partial charge is 0.310 e. The second-order valence-corrected chi connectivity index (χ2v) is 15.2. The Hall–Kier alpha value is -6.33. The molecule has 0 N–H and O–H groups in total. The Morgan fingerprint density at radius 3 is 1.62 bits per heavy atom. The third-order valence-corrected chi connectivity index (χ3v) is 12.2. The Kier molecular flexibility index (Phi) is 7.90. The zero-order chi connectivity index (χ0) is 35.1. The summed E-state index contributed by atoms with van der Waals surface area (Å²) in [7, 11) is 0. The molecule has 0 radical (unpaired) electrons. The molecule has 0 saturated heterocycles. The number of aromatic nitrogens is 1. The lowest BCUT2D eigenvalue weighted by Crippen LogP contribution is -2.11. The van der Waals surface area contributed by atoms with Crippen molar-refractivity contribution in [3.05, 3.63) is 194 Å². The van der Waals surface area contributed by atoms with E-state index in [1.54, 1.807) is 11.3 Å². The molecule has 4 heteroatoms. The lowest BCUT2D eigenvalue weighted by molar-refractivity contribution is 1.29. The summed E-state index contributed by atoms with van der Waals surface area (Å²) in [5.41, 5.74) is 12.8. The Balaban J connectivity index is 1.12. The first kappa shape index (κ1) is 31.4. The quantitative estimate of drug-likeness (QED) is 0.164. The SMILES string of the molecule is c1ccc(-c2ccc(-c3ccccc3N(c3ccc(-c4ccccc4)cc3)c3ccc4c(c3)sc3ccc5nc(-c6ccccc6)sc5c34)cc2)cc1. The minimum absolute atomic E-state index is 1.05. The maximum Gasteiger partial charge on any atom is 0.124 e. The number of para-hydroxylation sites is 1. The van der Waals surface area contributed by atoms with Crippen molar-refractivity contribution in [1.82, 2.24) is 4.98 Å². The van der Waals surface area contributed by atoms with Crippen LogP contribution in [0, 0.1) is 0 Å². The number of anilines is 3. The van der Waals surface area contributed by atoms with E-state index in [1.807, 2.05) is 11.3 Å². The monoisotopic (exact) mass is 712 g/mol. The van der Waals surface area contributed by atoms with Crippen LogP contribution in [-0.2, 0) is 0 Å². The van der Waals surface area contributed by atoms with Crippen LogP contribution in [0.1, 0.15) is 0 Å². The highest BCUT2D eigenvalue weighted by Crippen LogP contribution is 2.46. The highest BCUT2D eigenvalue weighted by atomic mass is 32.1. The molecule has 10 aromatic rings. The molecule has 0 fully saturated rings. The minimum atomic E-state index is 1.05. The van der Waals surface area contributed by atoms with Crippen molar-refractivity contribution in [2.75, 3.05) is 4.90 Å². The van der Waals surface area contributed by atoms with E-state index >= 15 is 0 Å². The summed E-state index contributed by atoms with van der Waals surface area (Å²) in [5.74, 6) is 0. The van der Waals surface area contributed by atoms with Crippen LogP contribution < -0.4 is 4.90 Å². The van der Waals surface area contributed by atoms with Gasteiger partial charge in [-0.05, 0) is 70.3 Å². The predicted octanol–water partition coefficient (Wildman–Crippen LogP) is 14.8. The second-order valence-electron chi connectivity index (χ2n) is 13.2. The van der Waals surface area contributed by atoms with Crippen LogP contribution in [0.5, 0.6) is 0 Å². The van der Waals surface area contributed by atoms with Gasteiger partial charge in [0.2, 0.25) is 0 Å². The van der Waals surface area contributed by atoms with Crippen LogP contribution in [-0.4, -0.2) is 4.98 Å². The van der Waals surface area contributed by atoms with Gasteiger partial charge in [0.25, 0.3) is 0 Å². The maximum absolute atomic E-state index is 5.05. The van der Waals surface area contributed by atoms with Gasteiger partial charge in [-0.2, -0.15) is 0 Å². The summed E-state index contributed by atoms with van der Waals surface area (Å²) in [6.07, 6.45) is 0. The number of thiophene rings is 1. The van der Waals surface area contributed by atoms with Crippen molar-refractivity contribution in [3.63, 3.8) is 0 Å². The lowest BCUT2D eigenvalue weighted by Gasteiger charge is -2.28. The molecule has 250 valence electrons. The molecule has 0 spiro atoms. The minimum Gasteiger partial charge on any atom is -0.310 e. The Morgan fingerprint density at radius 1 is 0.396 bits per heavy atom. The Labute approximate surface area is 316 Å². The third kappa shape index (κ3) is 5.79. The summed E-state index contributed by atoms with van der Waals surface area (Å²) in [6.45, 7) is 0. The van der Waals surface area contributed by atoms with Gasteiger partial charge in [-0.3, -0.25) is 0 Å². The average Bonchev–Trinajstić information content (AvgIpc) is 3.84. The van der Waals surface area contributed by atoms with Gasteiger partial charge in [-0.1, -0.05) is 152 Å². The molecule has 0 unspecified atom stereocenters.